The minimum atomic E-state index is 0.375. The van der Waals surface area contributed by atoms with E-state index >= 15 is 0 Å². The zero-order valence-electron chi connectivity index (χ0n) is 11.5. The van der Waals surface area contributed by atoms with Gasteiger partial charge in [-0.25, -0.2) is 0 Å². The molecule has 1 saturated carbocycles. The molecule has 0 aromatic rings. The van der Waals surface area contributed by atoms with E-state index in [0.717, 1.165) is 18.7 Å². The molecule has 2 aliphatic rings. The predicted molar refractivity (Wildman–Crippen MR) is 71.3 cm³/mol. The van der Waals surface area contributed by atoms with Gasteiger partial charge in [0.2, 0.25) is 0 Å². The van der Waals surface area contributed by atoms with Crippen molar-refractivity contribution in [3.8, 4) is 0 Å². The third-order valence-electron chi connectivity index (χ3n) is 4.04. The fraction of sp³-hybridized carbons (Fsp3) is 1.00. The summed E-state index contributed by atoms with van der Waals surface area (Å²) in [6, 6.07) is 1.57. The lowest BCUT2D eigenvalue weighted by molar-refractivity contribution is 0.0497. The molecule has 100 valence electrons. The third-order valence-corrected chi connectivity index (χ3v) is 4.04. The van der Waals surface area contributed by atoms with Gasteiger partial charge in [-0.3, -0.25) is 4.90 Å². The summed E-state index contributed by atoms with van der Waals surface area (Å²) >= 11 is 0. The molecule has 17 heavy (non-hydrogen) atoms. The van der Waals surface area contributed by atoms with Crippen LogP contribution in [0.4, 0.5) is 0 Å². The van der Waals surface area contributed by atoms with Crippen LogP contribution in [0.15, 0.2) is 0 Å². The zero-order valence-corrected chi connectivity index (χ0v) is 11.5. The van der Waals surface area contributed by atoms with Crippen LogP contribution in [0.3, 0.4) is 0 Å². The Balaban J connectivity index is 1.71. The van der Waals surface area contributed by atoms with E-state index in [0.29, 0.717) is 6.10 Å². The molecule has 0 unspecified atom stereocenters. The summed E-state index contributed by atoms with van der Waals surface area (Å²) < 4.78 is 5.63. The Bertz CT molecular complexity index is 218. The van der Waals surface area contributed by atoms with Gasteiger partial charge in [0.25, 0.3) is 0 Å². The highest BCUT2D eigenvalue weighted by atomic mass is 16.5. The van der Waals surface area contributed by atoms with Crippen LogP contribution in [0.5, 0.6) is 0 Å². The number of hydrogen-bond acceptors (Lipinski definition) is 3. The molecule has 0 bridgehead atoms. The van der Waals surface area contributed by atoms with Crippen LogP contribution in [-0.2, 0) is 4.74 Å². The van der Waals surface area contributed by atoms with Crippen molar-refractivity contribution < 1.29 is 4.74 Å². The average molecular weight is 240 g/mol. The van der Waals surface area contributed by atoms with Crippen LogP contribution in [0.2, 0.25) is 0 Å². The molecule has 1 heterocycles. The van der Waals surface area contributed by atoms with E-state index in [4.69, 9.17) is 4.74 Å². The maximum Gasteiger partial charge on any atom is 0.0518 e. The summed E-state index contributed by atoms with van der Waals surface area (Å²) in [5.74, 6) is 0. The second-order valence-electron chi connectivity index (χ2n) is 5.72. The molecule has 1 saturated heterocycles. The predicted octanol–water partition coefficient (Wildman–Crippen LogP) is 2.02. The number of fused-ring (bicyclic) bond motifs is 1. The molecule has 2 fully saturated rings. The average Bonchev–Trinajstić information content (AvgIpc) is 2.34. The van der Waals surface area contributed by atoms with E-state index < -0.39 is 0 Å². The number of nitrogens with one attached hydrogen (secondary N) is 1. The molecule has 2 rings (SSSR count). The summed E-state index contributed by atoms with van der Waals surface area (Å²) in [5.41, 5.74) is 0. The highest BCUT2D eigenvalue weighted by Crippen LogP contribution is 2.25. The molecule has 3 heteroatoms. The summed E-state index contributed by atoms with van der Waals surface area (Å²) in [6.45, 7) is 8.76. The molecule has 1 aliphatic heterocycles. The number of ether oxygens (including phenoxy) is 1. The highest BCUT2D eigenvalue weighted by Gasteiger charge is 2.32. The van der Waals surface area contributed by atoms with E-state index in [2.05, 4.69) is 24.1 Å². The van der Waals surface area contributed by atoms with Crippen LogP contribution in [0.1, 0.15) is 46.0 Å². The molecular weight excluding hydrogens is 212 g/mol. The summed E-state index contributed by atoms with van der Waals surface area (Å²) in [4.78, 5) is 2.70. The second-order valence-corrected chi connectivity index (χ2v) is 5.72. The number of piperazine rings is 1. The van der Waals surface area contributed by atoms with Crippen molar-refractivity contribution in [2.75, 3.05) is 26.2 Å². The van der Waals surface area contributed by atoms with E-state index in [1.165, 1.54) is 51.7 Å². The van der Waals surface area contributed by atoms with Crippen molar-refractivity contribution in [3.05, 3.63) is 0 Å². The van der Waals surface area contributed by atoms with Gasteiger partial charge in [-0.2, -0.15) is 0 Å². The molecule has 0 aromatic heterocycles. The van der Waals surface area contributed by atoms with Gasteiger partial charge in [0.1, 0.15) is 0 Å². The standard InChI is InChI=1S/C14H28N2O/c1-12(2)17-11-5-9-16-10-8-15-13-6-3-4-7-14(13)16/h12-15H,3-11H2,1-2H3/t13-,14+/m1/s1. The molecule has 0 radical (unpaired) electrons. The quantitative estimate of drug-likeness (QED) is 0.744. The summed E-state index contributed by atoms with van der Waals surface area (Å²) in [6.07, 6.45) is 7.16. The minimum Gasteiger partial charge on any atom is -0.379 e. The van der Waals surface area contributed by atoms with Crippen molar-refractivity contribution in [2.24, 2.45) is 0 Å². The molecular formula is C14H28N2O. The van der Waals surface area contributed by atoms with Crippen LogP contribution >= 0.6 is 0 Å². The molecule has 1 aliphatic carbocycles. The van der Waals surface area contributed by atoms with Crippen molar-refractivity contribution in [1.29, 1.82) is 0 Å². The Labute approximate surface area is 106 Å². The van der Waals surface area contributed by atoms with E-state index in [1.807, 2.05) is 0 Å². The fourth-order valence-corrected chi connectivity index (χ4v) is 3.21. The van der Waals surface area contributed by atoms with Crippen molar-refractivity contribution >= 4 is 0 Å². The molecule has 0 aromatic carbocycles. The summed E-state index contributed by atoms with van der Waals surface area (Å²) in [5, 5.41) is 3.69. The maximum absolute atomic E-state index is 5.63. The first-order valence-corrected chi connectivity index (χ1v) is 7.36. The topological polar surface area (TPSA) is 24.5 Å². The van der Waals surface area contributed by atoms with Gasteiger partial charge in [0, 0.05) is 38.3 Å². The molecule has 3 nitrogen and oxygen atoms in total. The number of rotatable bonds is 5. The van der Waals surface area contributed by atoms with Crippen molar-refractivity contribution in [3.63, 3.8) is 0 Å². The van der Waals surface area contributed by atoms with Crippen LogP contribution < -0.4 is 5.32 Å². The molecule has 1 N–H and O–H groups in total. The van der Waals surface area contributed by atoms with Gasteiger partial charge < -0.3 is 10.1 Å². The Morgan fingerprint density at radius 3 is 2.94 bits per heavy atom. The Morgan fingerprint density at radius 2 is 2.12 bits per heavy atom. The van der Waals surface area contributed by atoms with Gasteiger partial charge in [-0.05, 0) is 33.1 Å². The van der Waals surface area contributed by atoms with Gasteiger partial charge >= 0.3 is 0 Å². The zero-order chi connectivity index (χ0) is 12.1. The van der Waals surface area contributed by atoms with E-state index in [9.17, 15) is 0 Å². The third kappa shape index (κ3) is 3.94. The lowest BCUT2D eigenvalue weighted by atomic mass is 9.87. The van der Waals surface area contributed by atoms with E-state index in [-0.39, 0.29) is 0 Å². The monoisotopic (exact) mass is 240 g/mol. The molecule has 2 atom stereocenters. The SMILES string of the molecule is CC(C)OCCCN1CCN[C@@H]2CCCC[C@@H]21. The lowest BCUT2D eigenvalue weighted by Gasteiger charge is -2.44. The number of hydrogen-bond donors (Lipinski definition) is 1. The largest absolute Gasteiger partial charge is 0.379 e. The van der Waals surface area contributed by atoms with Crippen LogP contribution in [0.25, 0.3) is 0 Å². The van der Waals surface area contributed by atoms with Gasteiger partial charge in [0.15, 0.2) is 0 Å². The molecule has 0 amide bonds. The first-order chi connectivity index (χ1) is 8.27. The normalized spacial score (nSPS) is 30.5. The number of nitrogens with zero attached hydrogens (tertiary/aromatic N) is 1. The molecule has 0 spiro atoms. The van der Waals surface area contributed by atoms with Crippen LogP contribution in [0, 0.1) is 0 Å². The van der Waals surface area contributed by atoms with Crippen molar-refractivity contribution in [2.45, 2.75) is 64.1 Å². The van der Waals surface area contributed by atoms with Crippen LogP contribution in [-0.4, -0.2) is 49.3 Å². The second kappa shape index (κ2) is 6.72. The van der Waals surface area contributed by atoms with Gasteiger partial charge in [-0.15, -0.1) is 0 Å². The van der Waals surface area contributed by atoms with Gasteiger partial charge in [-0.1, -0.05) is 12.8 Å². The maximum atomic E-state index is 5.63. The minimum absolute atomic E-state index is 0.375. The van der Waals surface area contributed by atoms with Crippen molar-refractivity contribution in [1.82, 2.24) is 10.2 Å². The first kappa shape index (κ1) is 13.3. The van der Waals surface area contributed by atoms with E-state index in [1.54, 1.807) is 0 Å². The Hall–Kier alpha value is -0.120. The first-order valence-electron chi connectivity index (χ1n) is 7.36. The Morgan fingerprint density at radius 1 is 1.29 bits per heavy atom. The van der Waals surface area contributed by atoms with Gasteiger partial charge in [0.05, 0.1) is 6.10 Å². The summed E-state index contributed by atoms with van der Waals surface area (Å²) in [7, 11) is 0. The smallest absolute Gasteiger partial charge is 0.0518 e. The highest BCUT2D eigenvalue weighted by molar-refractivity contribution is 4.91. The Kier molecular flexibility index (Phi) is 5.26. The lowest BCUT2D eigenvalue weighted by Crippen LogP contribution is -2.59. The fourth-order valence-electron chi connectivity index (χ4n) is 3.21.